The van der Waals surface area contributed by atoms with Crippen LogP contribution in [0.5, 0.6) is 0 Å². The Bertz CT molecular complexity index is 1060. The second kappa shape index (κ2) is 9.28. The Hall–Kier alpha value is -2.23. The summed E-state index contributed by atoms with van der Waals surface area (Å²) in [6.45, 7) is 0.505. The van der Waals surface area contributed by atoms with Gasteiger partial charge >= 0.3 is 0 Å². The van der Waals surface area contributed by atoms with E-state index in [1.807, 2.05) is 6.07 Å². The van der Waals surface area contributed by atoms with Gasteiger partial charge in [-0.3, -0.25) is 18.9 Å². The zero-order valence-corrected chi connectivity index (χ0v) is 18.2. The number of anilines is 1. The average Bonchev–Trinajstić information content (AvgIpc) is 3.04. The molecule has 158 valence electrons. The molecule has 1 saturated heterocycles. The number of aromatic nitrogens is 2. The number of hydrogen-bond acceptors (Lipinski definition) is 7. The van der Waals surface area contributed by atoms with E-state index in [1.165, 1.54) is 22.6 Å². The molecule has 2 fully saturated rings. The Labute approximate surface area is 184 Å². The highest BCUT2D eigenvalue weighted by Crippen LogP contribution is 2.37. The Balaban J connectivity index is 1.72. The Kier molecular flexibility index (Phi) is 6.50. The van der Waals surface area contributed by atoms with Gasteiger partial charge in [0.15, 0.2) is 0 Å². The van der Waals surface area contributed by atoms with Crippen molar-refractivity contribution in [1.29, 1.82) is 0 Å². The largest absolute Gasteiger partial charge is 0.396 e. The number of carbonyl (C=O) groups excluding carboxylic acids is 1. The molecule has 0 radical (unpaired) electrons. The fourth-order valence-corrected chi connectivity index (χ4v) is 5.30. The third kappa shape index (κ3) is 4.14. The molecule has 2 aromatic heterocycles. The van der Waals surface area contributed by atoms with Crippen molar-refractivity contribution in [1.82, 2.24) is 14.3 Å². The lowest BCUT2D eigenvalue weighted by Gasteiger charge is -2.29. The summed E-state index contributed by atoms with van der Waals surface area (Å²) in [5.74, 6) is 0.276. The first-order valence-corrected chi connectivity index (χ1v) is 11.5. The van der Waals surface area contributed by atoms with Crippen LogP contribution in [0.25, 0.3) is 11.7 Å². The average molecular weight is 445 g/mol. The molecule has 1 saturated carbocycles. The van der Waals surface area contributed by atoms with Crippen molar-refractivity contribution in [2.45, 2.75) is 44.6 Å². The molecule has 2 aliphatic rings. The molecule has 2 N–H and O–H groups in total. The second-order valence-corrected chi connectivity index (χ2v) is 9.13. The van der Waals surface area contributed by atoms with Gasteiger partial charge < -0.3 is 10.4 Å². The maximum Gasteiger partial charge on any atom is 0.267 e. The summed E-state index contributed by atoms with van der Waals surface area (Å²) in [6.07, 6.45) is 9.14. The molecule has 0 atom stereocenters. The highest BCUT2D eigenvalue weighted by atomic mass is 32.2. The van der Waals surface area contributed by atoms with Crippen LogP contribution in [0.2, 0.25) is 0 Å². The predicted molar refractivity (Wildman–Crippen MR) is 124 cm³/mol. The highest BCUT2D eigenvalue weighted by molar-refractivity contribution is 8.26. The van der Waals surface area contributed by atoms with E-state index in [-0.39, 0.29) is 24.1 Å². The number of pyridine rings is 1. The molecule has 0 unspecified atom stereocenters. The van der Waals surface area contributed by atoms with E-state index in [4.69, 9.17) is 17.3 Å². The molecule has 3 heterocycles. The van der Waals surface area contributed by atoms with Crippen molar-refractivity contribution in [3.63, 3.8) is 0 Å². The van der Waals surface area contributed by atoms with Crippen LogP contribution >= 0.6 is 24.0 Å². The van der Waals surface area contributed by atoms with Gasteiger partial charge in [0.25, 0.3) is 11.5 Å². The van der Waals surface area contributed by atoms with E-state index in [1.54, 1.807) is 29.3 Å². The van der Waals surface area contributed by atoms with Crippen molar-refractivity contribution in [2.24, 2.45) is 0 Å². The van der Waals surface area contributed by atoms with Crippen LogP contribution in [0.1, 0.15) is 44.1 Å². The lowest BCUT2D eigenvalue weighted by molar-refractivity contribution is -0.124. The zero-order chi connectivity index (χ0) is 21.1. The maximum atomic E-state index is 13.2. The normalized spacial score (nSPS) is 19.2. The Morgan fingerprint density at radius 1 is 1.27 bits per heavy atom. The lowest BCUT2D eigenvalue weighted by Crippen LogP contribution is -2.39. The van der Waals surface area contributed by atoms with Crippen LogP contribution in [-0.4, -0.2) is 48.8 Å². The first kappa shape index (κ1) is 21.0. The number of fused-ring (bicyclic) bond motifs is 1. The summed E-state index contributed by atoms with van der Waals surface area (Å²) in [5.41, 5.74) is 0.580. The third-order valence-electron chi connectivity index (χ3n) is 5.44. The number of hydrogen-bond donors (Lipinski definition) is 2. The third-order valence-corrected chi connectivity index (χ3v) is 6.77. The molecule has 0 aromatic carbocycles. The second-order valence-electron chi connectivity index (χ2n) is 7.46. The van der Waals surface area contributed by atoms with Crippen molar-refractivity contribution in [3.05, 3.63) is 45.2 Å². The summed E-state index contributed by atoms with van der Waals surface area (Å²) < 4.78 is 2.02. The van der Waals surface area contributed by atoms with Crippen LogP contribution < -0.4 is 10.9 Å². The van der Waals surface area contributed by atoms with Crippen molar-refractivity contribution in [2.75, 3.05) is 18.5 Å². The van der Waals surface area contributed by atoms with Crippen molar-refractivity contribution in [3.8, 4) is 0 Å². The molecular formula is C21H24N4O3S2. The van der Waals surface area contributed by atoms with Gasteiger partial charge in [0, 0.05) is 25.4 Å². The molecule has 7 nitrogen and oxygen atoms in total. The van der Waals surface area contributed by atoms with Crippen LogP contribution in [0.3, 0.4) is 0 Å². The molecule has 0 bridgehead atoms. The standard InChI is InChI=1S/C21H24N4O3S2/c26-12-6-10-22-18-15(19(27)24-11-5-4-9-17(24)23-18)13-16-20(28)25(21(29)30-16)14-7-2-1-3-8-14/h4-5,9,11,13-14,22,26H,1-3,6-8,10,12H2/b16-13+. The molecule has 4 rings (SSSR count). The highest BCUT2D eigenvalue weighted by Gasteiger charge is 2.37. The lowest BCUT2D eigenvalue weighted by atomic mass is 9.94. The van der Waals surface area contributed by atoms with Gasteiger partial charge in [0.2, 0.25) is 0 Å². The minimum Gasteiger partial charge on any atom is -0.396 e. The van der Waals surface area contributed by atoms with Crippen molar-refractivity contribution < 1.29 is 9.90 Å². The van der Waals surface area contributed by atoms with Crippen LogP contribution in [0.15, 0.2) is 34.1 Å². The Morgan fingerprint density at radius 2 is 2.07 bits per heavy atom. The molecule has 9 heteroatoms. The number of amides is 1. The fraction of sp³-hybridized carbons (Fsp3) is 0.429. The quantitative estimate of drug-likeness (QED) is 0.402. The van der Waals surface area contributed by atoms with Crippen molar-refractivity contribution >= 4 is 51.7 Å². The van der Waals surface area contributed by atoms with Gasteiger partial charge in [-0.05, 0) is 37.5 Å². The Morgan fingerprint density at radius 3 is 2.83 bits per heavy atom. The number of thiocarbonyl (C=S) groups is 1. The predicted octanol–water partition coefficient (Wildman–Crippen LogP) is 3.02. The van der Waals surface area contributed by atoms with Gasteiger partial charge in [0.1, 0.15) is 15.8 Å². The molecule has 0 spiro atoms. The van der Waals surface area contributed by atoms with E-state index >= 15 is 0 Å². The van der Waals surface area contributed by atoms with Gasteiger partial charge in [-0.2, -0.15) is 0 Å². The summed E-state index contributed by atoms with van der Waals surface area (Å²) in [5, 5.41) is 12.2. The van der Waals surface area contributed by atoms with Crippen LogP contribution in [-0.2, 0) is 4.79 Å². The SMILES string of the molecule is O=C1/C(=C\c2c(NCCCO)nc3ccccn3c2=O)SC(=S)N1C1CCCCC1. The van der Waals surface area contributed by atoms with Gasteiger partial charge in [-0.15, -0.1) is 0 Å². The molecule has 1 amide bonds. The number of nitrogens with one attached hydrogen (secondary N) is 1. The number of thioether (sulfide) groups is 1. The van der Waals surface area contributed by atoms with E-state index in [0.717, 1.165) is 25.7 Å². The monoisotopic (exact) mass is 444 g/mol. The topological polar surface area (TPSA) is 86.9 Å². The molecule has 30 heavy (non-hydrogen) atoms. The van der Waals surface area contributed by atoms with E-state index in [9.17, 15) is 9.59 Å². The number of aliphatic hydroxyl groups is 1. The molecule has 2 aromatic rings. The van der Waals surface area contributed by atoms with E-state index in [0.29, 0.717) is 39.2 Å². The summed E-state index contributed by atoms with van der Waals surface area (Å²) in [4.78, 5) is 33.0. The maximum absolute atomic E-state index is 13.2. The van der Waals surface area contributed by atoms with Gasteiger partial charge in [-0.25, -0.2) is 4.98 Å². The first-order chi connectivity index (χ1) is 14.6. The number of carbonyl (C=O) groups is 1. The zero-order valence-electron chi connectivity index (χ0n) is 16.5. The molecule has 1 aliphatic heterocycles. The first-order valence-electron chi connectivity index (χ1n) is 10.2. The number of nitrogens with zero attached hydrogens (tertiary/aromatic N) is 3. The van der Waals surface area contributed by atoms with E-state index in [2.05, 4.69) is 10.3 Å². The molecule has 1 aliphatic carbocycles. The smallest absolute Gasteiger partial charge is 0.267 e. The van der Waals surface area contributed by atoms with Crippen LogP contribution in [0, 0.1) is 0 Å². The minimum atomic E-state index is -0.255. The number of rotatable bonds is 6. The van der Waals surface area contributed by atoms with E-state index < -0.39 is 0 Å². The van der Waals surface area contributed by atoms with Gasteiger partial charge in [0.05, 0.1) is 10.5 Å². The molecular weight excluding hydrogens is 420 g/mol. The number of aliphatic hydroxyl groups excluding tert-OH is 1. The minimum absolute atomic E-state index is 0.0366. The summed E-state index contributed by atoms with van der Waals surface area (Å²) in [6, 6.07) is 5.48. The summed E-state index contributed by atoms with van der Waals surface area (Å²) in [7, 11) is 0. The van der Waals surface area contributed by atoms with Crippen LogP contribution in [0.4, 0.5) is 5.82 Å². The fourth-order valence-electron chi connectivity index (χ4n) is 3.92. The van der Waals surface area contributed by atoms with Gasteiger partial charge in [-0.1, -0.05) is 49.3 Å². The summed E-state index contributed by atoms with van der Waals surface area (Å²) >= 11 is 6.75.